The van der Waals surface area contributed by atoms with Crippen LogP contribution in [0.4, 0.5) is 24.5 Å². The summed E-state index contributed by atoms with van der Waals surface area (Å²) in [6, 6.07) is 0.789. The van der Waals surface area contributed by atoms with E-state index in [-0.39, 0.29) is 32.2 Å². The standard InChI is InChI=1S/C16H13F3N6O5S/c1-6-3-8(16(17,18)19)21-15-10(6)11(12(31-15)13(20)27)22-9(26)5-24-4-7(25(28)29)14(23-24)30-2/h3-4H,5H2,1-2H3,(H2,20,27)(H,22,26). The number of rotatable bonds is 6. The van der Waals surface area contributed by atoms with Gasteiger partial charge in [-0.1, -0.05) is 0 Å². The van der Waals surface area contributed by atoms with E-state index in [1.165, 1.54) is 14.0 Å². The summed E-state index contributed by atoms with van der Waals surface area (Å²) in [7, 11) is 1.17. The Morgan fingerprint density at radius 3 is 2.61 bits per heavy atom. The largest absolute Gasteiger partial charge is 0.475 e. The summed E-state index contributed by atoms with van der Waals surface area (Å²) in [5.74, 6) is -2.04. The second-order valence-corrected chi connectivity index (χ2v) is 7.20. The van der Waals surface area contributed by atoms with Crippen molar-refractivity contribution in [3.05, 3.63) is 38.5 Å². The zero-order valence-electron chi connectivity index (χ0n) is 15.8. The smallest absolute Gasteiger partial charge is 0.433 e. The lowest BCUT2D eigenvalue weighted by Gasteiger charge is -2.09. The molecular formula is C16H13F3N6O5S. The molecule has 0 saturated heterocycles. The van der Waals surface area contributed by atoms with Crippen molar-refractivity contribution < 1.29 is 32.4 Å². The summed E-state index contributed by atoms with van der Waals surface area (Å²) in [6.45, 7) is 0.862. The van der Waals surface area contributed by atoms with Crippen LogP contribution in [0.15, 0.2) is 12.3 Å². The fourth-order valence-electron chi connectivity index (χ4n) is 2.79. The van der Waals surface area contributed by atoms with Crippen LogP contribution in [-0.2, 0) is 17.5 Å². The Kier molecular flexibility index (Phi) is 5.54. The van der Waals surface area contributed by atoms with Gasteiger partial charge in [0.05, 0.1) is 17.7 Å². The SMILES string of the molecule is COc1nn(CC(=O)Nc2c(C(N)=O)sc3nc(C(F)(F)F)cc(C)c23)cc1[N+](=O)[O-]. The van der Waals surface area contributed by atoms with Gasteiger partial charge in [0, 0.05) is 5.39 Å². The molecule has 0 aliphatic heterocycles. The number of aromatic nitrogens is 3. The van der Waals surface area contributed by atoms with E-state index in [4.69, 9.17) is 10.5 Å². The number of nitro groups is 1. The van der Waals surface area contributed by atoms with Crippen LogP contribution >= 0.6 is 11.3 Å². The highest BCUT2D eigenvalue weighted by Gasteiger charge is 2.34. The number of hydrogen-bond acceptors (Lipinski definition) is 8. The molecule has 0 unspecified atom stereocenters. The van der Waals surface area contributed by atoms with Crippen LogP contribution in [0.25, 0.3) is 10.2 Å². The fraction of sp³-hybridized carbons (Fsp3) is 0.250. The summed E-state index contributed by atoms with van der Waals surface area (Å²) in [5.41, 5.74) is 3.73. The van der Waals surface area contributed by atoms with Crippen molar-refractivity contribution >= 4 is 44.7 Å². The molecule has 0 atom stereocenters. The molecule has 2 amide bonds. The Bertz CT molecular complexity index is 1220. The molecule has 0 fully saturated rings. The number of aryl methyl sites for hydroxylation is 1. The second kappa shape index (κ2) is 7.82. The van der Waals surface area contributed by atoms with Crippen LogP contribution in [0, 0.1) is 17.0 Å². The number of alkyl halides is 3. The van der Waals surface area contributed by atoms with Gasteiger partial charge in [-0.15, -0.1) is 16.4 Å². The van der Waals surface area contributed by atoms with Crippen molar-refractivity contribution in [2.45, 2.75) is 19.6 Å². The highest BCUT2D eigenvalue weighted by molar-refractivity contribution is 7.21. The number of methoxy groups -OCH3 is 1. The number of anilines is 1. The first-order chi connectivity index (χ1) is 14.4. The molecule has 0 aliphatic rings. The van der Waals surface area contributed by atoms with Crippen LogP contribution in [0.2, 0.25) is 0 Å². The number of fused-ring (bicyclic) bond motifs is 1. The molecule has 0 radical (unpaired) electrons. The first-order valence-electron chi connectivity index (χ1n) is 8.29. The maximum absolute atomic E-state index is 13.0. The second-order valence-electron chi connectivity index (χ2n) is 6.20. The van der Waals surface area contributed by atoms with Crippen LogP contribution in [0.3, 0.4) is 0 Å². The number of carbonyl (C=O) groups excluding carboxylic acids is 2. The van der Waals surface area contributed by atoms with E-state index in [2.05, 4.69) is 15.4 Å². The van der Waals surface area contributed by atoms with Crippen molar-refractivity contribution in [2.24, 2.45) is 5.73 Å². The van der Waals surface area contributed by atoms with Gasteiger partial charge in [-0.05, 0) is 18.6 Å². The average molecular weight is 458 g/mol. The maximum atomic E-state index is 13.0. The van der Waals surface area contributed by atoms with E-state index in [1.807, 2.05) is 0 Å². The minimum absolute atomic E-state index is 0.0927. The van der Waals surface area contributed by atoms with Gasteiger partial charge >= 0.3 is 17.7 Å². The molecule has 0 bridgehead atoms. The van der Waals surface area contributed by atoms with Crippen molar-refractivity contribution in [3.63, 3.8) is 0 Å². The first-order valence-corrected chi connectivity index (χ1v) is 9.10. The Morgan fingerprint density at radius 1 is 1.42 bits per heavy atom. The lowest BCUT2D eigenvalue weighted by molar-refractivity contribution is -0.385. The van der Waals surface area contributed by atoms with E-state index >= 15 is 0 Å². The molecule has 3 rings (SSSR count). The number of primary amides is 1. The predicted molar refractivity (Wildman–Crippen MR) is 102 cm³/mol. The number of pyridine rings is 1. The normalized spacial score (nSPS) is 11.5. The molecule has 3 heterocycles. The highest BCUT2D eigenvalue weighted by atomic mass is 32.1. The summed E-state index contributed by atoms with van der Waals surface area (Å²) in [4.78, 5) is 37.7. The lowest BCUT2D eigenvalue weighted by atomic mass is 10.1. The average Bonchev–Trinajstić information content (AvgIpc) is 3.22. The van der Waals surface area contributed by atoms with Crippen molar-refractivity contribution in [3.8, 4) is 5.88 Å². The van der Waals surface area contributed by atoms with E-state index in [0.29, 0.717) is 11.3 Å². The molecular weight excluding hydrogens is 445 g/mol. The molecule has 3 aromatic heterocycles. The molecule has 15 heteroatoms. The van der Waals surface area contributed by atoms with Crippen LogP contribution < -0.4 is 15.8 Å². The van der Waals surface area contributed by atoms with Crippen molar-refractivity contribution in [1.82, 2.24) is 14.8 Å². The summed E-state index contributed by atoms with van der Waals surface area (Å²) in [6.07, 6.45) is -3.73. The summed E-state index contributed by atoms with van der Waals surface area (Å²) in [5, 5.41) is 17.3. The number of amides is 2. The van der Waals surface area contributed by atoms with Gasteiger partial charge in [-0.3, -0.25) is 24.4 Å². The molecule has 3 aromatic rings. The van der Waals surface area contributed by atoms with Crippen molar-refractivity contribution in [1.29, 1.82) is 0 Å². The van der Waals surface area contributed by atoms with Gasteiger partial charge in [0.2, 0.25) is 5.91 Å². The van der Waals surface area contributed by atoms with E-state index in [9.17, 15) is 32.9 Å². The summed E-state index contributed by atoms with van der Waals surface area (Å²) >= 11 is 0.607. The number of hydrogen-bond donors (Lipinski definition) is 2. The maximum Gasteiger partial charge on any atom is 0.433 e. The molecule has 31 heavy (non-hydrogen) atoms. The fourth-order valence-corrected chi connectivity index (χ4v) is 3.85. The number of thiophene rings is 1. The topological polar surface area (TPSA) is 155 Å². The van der Waals surface area contributed by atoms with Gasteiger partial charge in [0.25, 0.3) is 5.91 Å². The third-order valence-corrected chi connectivity index (χ3v) is 5.14. The number of ether oxygens (including phenoxy) is 1. The van der Waals surface area contributed by atoms with Gasteiger partial charge < -0.3 is 15.8 Å². The van der Waals surface area contributed by atoms with Crippen LogP contribution in [0.5, 0.6) is 5.88 Å². The van der Waals surface area contributed by atoms with Crippen LogP contribution in [-0.4, -0.2) is 38.6 Å². The third kappa shape index (κ3) is 4.25. The van der Waals surface area contributed by atoms with Crippen molar-refractivity contribution in [2.75, 3.05) is 12.4 Å². The minimum Gasteiger partial charge on any atom is -0.475 e. The van der Waals surface area contributed by atoms with Gasteiger partial charge in [0.1, 0.15) is 28.1 Å². The molecule has 0 saturated carbocycles. The first kappa shape index (κ1) is 21.9. The van der Waals surface area contributed by atoms with E-state index < -0.39 is 40.8 Å². The van der Waals surface area contributed by atoms with Crippen LogP contribution in [0.1, 0.15) is 20.9 Å². The molecule has 3 N–H and O–H groups in total. The highest BCUT2D eigenvalue weighted by Crippen LogP contribution is 2.39. The predicted octanol–water partition coefficient (Wildman–Crippen LogP) is 2.47. The molecule has 0 aliphatic carbocycles. The third-order valence-electron chi connectivity index (χ3n) is 4.04. The molecule has 0 spiro atoms. The number of carbonyl (C=O) groups is 2. The zero-order chi connectivity index (χ0) is 23.1. The number of nitrogens with one attached hydrogen (secondary N) is 1. The molecule has 11 nitrogen and oxygen atoms in total. The number of halogens is 3. The number of nitrogens with two attached hydrogens (primary N) is 1. The monoisotopic (exact) mass is 458 g/mol. The van der Waals surface area contributed by atoms with Gasteiger partial charge in [0.15, 0.2) is 0 Å². The van der Waals surface area contributed by atoms with Gasteiger partial charge in [-0.2, -0.15) is 13.2 Å². The molecule has 164 valence electrons. The van der Waals surface area contributed by atoms with E-state index in [0.717, 1.165) is 16.9 Å². The Balaban J connectivity index is 1.98. The Hall–Kier alpha value is -3.75. The Morgan fingerprint density at radius 2 is 2.10 bits per heavy atom. The minimum atomic E-state index is -4.70. The lowest BCUT2D eigenvalue weighted by Crippen LogP contribution is -2.21. The number of nitrogens with zero attached hydrogens (tertiary/aromatic N) is 4. The zero-order valence-corrected chi connectivity index (χ0v) is 16.6. The molecule has 0 aromatic carbocycles. The quantitative estimate of drug-likeness (QED) is 0.425. The van der Waals surface area contributed by atoms with E-state index in [1.54, 1.807) is 0 Å². The summed E-state index contributed by atoms with van der Waals surface area (Å²) < 4.78 is 44.9. The van der Waals surface area contributed by atoms with Gasteiger partial charge in [-0.25, -0.2) is 4.98 Å². The Labute approximate surface area is 174 Å².